The first kappa shape index (κ1) is 10.9. The lowest BCUT2D eigenvalue weighted by molar-refractivity contribution is -0.0351. The molecule has 1 saturated carbocycles. The largest absolute Gasteiger partial charge is 0.371 e. The van der Waals surface area contributed by atoms with Gasteiger partial charge in [-0.25, -0.2) is 13.2 Å². The van der Waals surface area contributed by atoms with Crippen LogP contribution in [-0.4, -0.2) is 19.0 Å². The lowest BCUT2D eigenvalue weighted by Gasteiger charge is -2.22. The minimum Gasteiger partial charge on any atom is -0.371 e. The first-order valence-electron chi connectivity index (χ1n) is 5.94. The van der Waals surface area contributed by atoms with E-state index in [9.17, 15) is 13.2 Å². The van der Waals surface area contributed by atoms with Crippen LogP contribution in [0.25, 0.3) is 0 Å². The Morgan fingerprint density at radius 3 is 2.76 bits per heavy atom. The van der Waals surface area contributed by atoms with Crippen LogP contribution < -0.4 is 4.90 Å². The van der Waals surface area contributed by atoms with Gasteiger partial charge in [0.15, 0.2) is 0 Å². The van der Waals surface area contributed by atoms with Crippen molar-refractivity contribution in [1.82, 2.24) is 0 Å². The van der Waals surface area contributed by atoms with Crippen LogP contribution in [0.2, 0.25) is 0 Å². The summed E-state index contributed by atoms with van der Waals surface area (Å²) in [5, 5.41) is 0. The first-order chi connectivity index (χ1) is 8.06. The zero-order valence-electron chi connectivity index (χ0n) is 9.37. The Hall–Kier alpha value is -1.19. The van der Waals surface area contributed by atoms with Crippen molar-refractivity contribution in [2.24, 2.45) is 11.8 Å². The molecule has 0 unspecified atom stereocenters. The van der Waals surface area contributed by atoms with Crippen LogP contribution in [0.15, 0.2) is 24.3 Å². The van der Waals surface area contributed by atoms with Gasteiger partial charge in [0.1, 0.15) is 5.82 Å². The number of alkyl halides is 2. The molecule has 0 bridgehead atoms. The second-order valence-corrected chi connectivity index (χ2v) is 5.05. The summed E-state index contributed by atoms with van der Waals surface area (Å²) in [6.07, 6.45) is 0.600. The van der Waals surface area contributed by atoms with Crippen molar-refractivity contribution in [2.75, 3.05) is 18.0 Å². The van der Waals surface area contributed by atoms with Gasteiger partial charge in [0.2, 0.25) is 0 Å². The molecule has 1 saturated heterocycles. The Balaban J connectivity index is 1.81. The minimum absolute atomic E-state index is 0.0132. The summed E-state index contributed by atoms with van der Waals surface area (Å²) < 4.78 is 40.2. The molecule has 0 spiro atoms. The van der Waals surface area contributed by atoms with Crippen LogP contribution in [-0.2, 0) is 0 Å². The van der Waals surface area contributed by atoms with Gasteiger partial charge in [-0.3, -0.25) is 0 Å². The average Bonchev–Trinajstić information content (AvgIpc) is 2.81. The number of benzene rings is 1. The molecule has 17 heavy (non-hydrogen) atoms. The molecular formula is C13H14F3N. The minimum atomic E-state index is -2.53. The van der Waals surface area contributed by atoms with Crippen LogP contribution >= 0.6 is 0 Å². The van der Waals surface area contributed by atoms with Gasteiger partial charge in [0.25, 0.3) is 5.92 Å². The summed E-state index contributed by atoms with van der Waals surface area (Å²) in [7, 11) is 0. The van der Waals surface area contributed by atoms with E-state index in [4.69, 9.17) is 0 Å². The standard InChI is InChI=1S/C13H14F3N/c14-10-2-1-3-11(6-10)17-7-9-4-5-13(15,16)12(9)8-17/h1-3,6,9,12H,4-5,7-8H2/t9-,12+/m0/s1. The van der Waals surface area contributed by atoms with Gasteiger partial charge in [-0.15, -0.1) is 0 Å². The van der Waals surface area contributed by atoms with E-state index in [0.29, 0.717) is 19.5 Å². The van der Waals surface area contributed by atoms with E-state index >= 15 is 0 Å². The van der Waals surface area contributed by atoms with Gasteiger partial charge < -0.3 is 4.90 Å². The van der Waals surface area contributed by atoms with Crippen molar-refractivity contribution >= 4 is 5.69 Å². The van der Waals surface area contributed by atoms with Gasteiger partial charge in [-0.1, -0.05) is 6.07 Å². The van der Waals surface area contributed by atoms with E-state index in [0.717, 1.165) is 5.69 Å². The zero-order chi connectivity index (χ0) is 12.0. The summed E-state index contributed by atoms with van der Waals surface area (Å²) >= 11 is 0. The van der Waals surface area contributed by atoms with Crippen molar-refractivity contribution in [3.8, 4) is 0 Å². The number of hydrogen-bond donors (Lipinski definition) is 0. The van der Waals surface area contributed by atoms with Crippen LogP contribution in [0.1, 0.15) is 12.8 Å². The molecule has 0 N–H and O–H groups in total. The smallest absolute Gasteiger partial charge is 0.252 e. The molecule has 2 fully saturated rings. The SMILES string of the molecule is Fc1cccc(N2C[C@@H]3CCC(F)(F)[C@@H]3C2)c1. The molecule has 0 aromatic heterocycles. The molecule has 0 radical (unpaired) electrons. The molecule has 2 aliphatic rings. The number of rotatable bonds is 1. The normalized spacial score (nSPS) is 30.6. The molecule has 3 rings (SSSR count). The molecule has 1 nitrogen and oxygen atoms in total. The average molecular weight is 241 g/mol. The maximum Gasteiger partial charge on any atom is 0.252 e. The molecule has 1 aliphatic heterocycles. The predicted molar refractivity (Wildman–Crippen MR) is 59.8 cm³/mol. The van der Waals surface area contributed by atoms with Crippen molar-refractivity contribution in [1.29, 1.82) is 0 Å². The fraction of sp³-hybridized carbons (Fsp3) is 0.538. The van der Waals surface area contributed by atoms with Gasteiger partial charge in [-0.2, -0.15) is 0 Å². The third kappa shape index (κ3) is 1.79. The predicted octanol–water partition coefficient (Wildman–Crippen LogP) is 3.31. The summed E-state index contributed by atoms with van der Waals surface area (Å²) in [4.78, 5) is 1.88. The van der Waals surface area contributed by atoms with Crippen LogP contribution in [0.4, 0.5) is 18.9 Å². The van der Waals surface area contributed by atoms with Crippen LogP contribution in [0.5, 0.6) is 0 Å². The molecular weight excluding hydrogens is 227 g/mol. The fourth-order valence-corrected chi connectivity index (χ4v) is 3.09. The van der Waals surface area contributed by atoms with Gasteiger partial charge in [0.05, 0.1) is 0 Å². The first-order valence-corrected chi connectivity index (χ1v) is 5.94. The summed E-state index contributed by atoms with van der Waals surface area (Å²) in [6, 6.07) is 6.19. The fourth-order valence-electron chi connectivity index (χ4n) is 3.09. The maximum atomic E-state index is 13.6. The third-order valence-corrected chi connectivity index (χ3v) is 4.01. The summed E-state index contributed by atoms with van der Waals surface area (Å²) in [5.74, 6) is -3.34. The molecule has 0 amide bonds. The van der Waals surface area contributed by atoms with Gasteiger partial charge >= 0.3 is 0 Å². The van der Waals surface area contributed by atoms with Crippen LogP contribution in [0.3, 0.4) is 0 Å². The molecule has 1 aromatic carbocycles. The van der Waals surface area contributed by atoms with E-state index < -0.39 is 11.8 Å². The highest BCUT2D eigenvalue weighted by atomic mass is 19.3. The Labute approximate surface area is 98.2 Å². The number of anilines is 1. The number of nitrogens with zero attached hydrogens (tertiary/aromatic N) is 1. The molecule has 1 aliphatic carbocycles. The monoisotopic (exact) mass is 241 g/mol. The molecule has 92 valence electrons. The number of hydrogen-bond acceptors (Lipinski definition) is 1. The topological polar surface area (TPSA) is 3.24 Å². The van der Waals surface area contributed by atoms with Crippen molar-refractivity contribution < 1.29 is 13.2 Å². The highest BCUT2D eigenvalue weighted by Gasteiger charge is 2.53. The third-order valence-electron chi connectivity index (χ3n) is 4.01. The maximum absolute atomic E-state index is 13.6. The van der Waals surface area contributed by atoms with Crippen molar-refractivity contribution in [3.63, 3.8) is 0 Å². The lowest BCUT2D eigenvalue weighted by Crippen LogP contribution is -2.28. The Kier molecular flexibility index (Phi) is 2.35. The van der Waals surface area contributed by atoms with E-state index in [2.05, 4.69) is 0 Å². The van der Waals surface area contributed by atoms with Crippen LogP contribution in [0, 0.1) is 17.7 Å². The molecule has 1 aromatic rings. The van der Waals surface area contributed by atoms with Gasteiger partial charge in [0, 0.05) is 31.1 Å². The van der Waals surface area contributed by atoms with E-state index in [1.165, 1.54) is 12.1 Å². The number of fused-ring (bicyclic) bond motifs is 1. The Morgan fingerprint density at radius 2 is 2.06 bits per heavy atom. The molecule has 2 atom stereocenters. The highest BCUT2D eigenvalue weighted by Crippen LogP contribution is 2.48. The quantitative estimate of drug-likeness (QED) is 0.729. The summed E-state index contributed by atoms with van der Waals surface area (Å²) in [6.45, 7) is 0.977. The Morgan fingerprint density at radius 1 is 1.24 bits per heavy atom. The van der Waals surface area contributed by atoms with E-state index in [-0.39, 0.29) is 18.2 Å². The Bertz CT molecular complexity index is 432. The van der Waals surface area contributed by atoms with E-state index in [1.807, 2.05) is 4.90 Å². The molecule has 1 heterocycles. The summed E-state index contributed by atoms with van der Waals surface area (Å²) in [5.41, 5.74) is 0.718. The highest BCUT2D eigenvalue weighted by molar-refractivity contribution is 5.48. The molecule has 4 heteroatoms. The zero-order valence-corrected chi connectivity index (χ0v) is 9.37. The van der Waals surface area contributed by atoms with Crippen molar-refractivity contribution in [3.05, 3.63) is 30.1 Å². The van der Waals surface area contributed by atoms with E-state index in [1.54, 1.807) is 12.1 Å². The second kappa shape index (κ2) is 3.65. The number of halogens is 3. The van der Waals surface area contributed by atoms with Gasteiger partial charge in [-0.05, 0) is 30.5 Å². The lowest BCUT2D eigenvalue weighted by atomic mass is 9.99. The second-order valence-electron chi connectivity index (χ2n) is 5.05. The van der Waals surface area contributed by atoms with Crippen molar-refractivity contribution in [2.45, 2.75) is 18.8 Å².